The van der Waals surface area contributed by atoms with Crippen LogP contribution in [0.2, 0.25) is 0 Å². The van der Waals surface area contributed by atoms with Crippen LogP contribution in [0.3, 0.4) is 0 Å². The van der Waals surface area contributed by atoms with Gasteiger partial charge in [-0.2, -0.15) is 5.10 Å². The molecule has 4 rings (SSSR count). The molecule has 0 aliphatic carbocycles. The lowest BCUT2D eigenvalue weighted by molar-refractivity contribution is 0.0946. The van der Waals surface area contributed by atoms with E-state index in [0.717, 1.165) is 55.4 Å². The Hall–Kier alpha value is -2.48. The summed E-state index contributed by atoms with van der Waals surface area (Å²) in [4.78, 5) is 16.2. The number of nitrogens with zero attached hydrogens (tertiary/aromatic N) is 3. The van der Waals surface area contributed by atoms with Crippen LogP contribution in [-0.4, -0.2) is 59.9 Å². The van der Waals surface area contributed by atoms with Crippen molar-refractivity contribution in [2.75, 3.05) is 39.3 Å². The van der Waals surface area contributed by atoms with Crippen molar-refractivity contribution < 1.29 is 4.79 Å². The van der Waals surface area contributed by atoms with Crippen LogP contribution in [0.4, 0.5) is 0 Å². The Morgan fingerprint density at radius 3 is 2.71 bits per heavy atom. The molecule has 7 heteroatoms. The molecule has 3 heterocycles. The molecule has 1 fully saturated rings. The average molecular weight is 396 g/mol. The van der Waals surface area contributed by atoms with Crippen LogP contribution in [0.15, 0.2) is 53.9 Å². The molecule has 6 nitrogen and oxygen atoms in total. The van der Waals surface area contributed by atoms with Gasteiger partial charge in [0.2, 0.25) is 0 Å². The zero-order valence-corrected chi connectivity index (χ0v) is 16.6. The first-order valence-corrected chi connectivity index (χ1v) is 10.6. The van der Waals surface area contributed by atoms with Crippen molar-refractivity contribution in [2.45, 2.75) is 6.42 Å². The van der Waals surface area contributed by atoms with E-state index in [-0.39, 0.29) is 5.91 Å². The summed E-state index contributed by atoms with van der Waals surface area (Å²) in [6, 6.07) is 15.9. The van der Waals surface area contributed by atoms with Crippen molar-refractivity contribution in [3.05, 3.63) is 59.6 Å². The number of carbonyl (C=O) groups is 1. The van der Waals surface area contributed by atoms with Crippen molar-refractivity contribution in [3.8, 4) is 16.3 Å². The molecule has 1 saturated heterocycles. The molecule has 1 aromatic carbocycles. The monoisotopic (exact) mass is 395 g/mol. The van der Waals surface area contributed by atoms with Crippen molar-refractivity contribution >= 4 is 17.2 Å². The quantitative estimate of drug-likeness (QED) is 0.604. The van der Waals surface area contributed by atoms with Crippen LogP contribution in [0.25, 0.3) is 16.3 Å². The molecule has 1 aliphatic heterocycles. The predicted molar refractivity (Wildman–Crippen MR) is 113 cm³/mol. The Morgan fingerprint density at radius 1 is 1.14 bits per heavy atom. The van der Waals surface area contributed by atoms with Gasteiger partial charge in [0.25, 0.3) is 5.91 Å². The number of hydrogen-bond acceptors (Lipinski definition) is 5. The number of para-hydroxylation sites is 1. The molecule has 1 amide bonds. The third kappa shape index (κ3) is 4.49. The summed E-state index contributed by atoms with van der Waals surface area (Å²) in [5.41, 5.74) is 2.34. The summed E-state index contributed by atoms with van der Waals surface area (Å²) in [5.74, 6) is -0.118. The number of hydrogen-bond donors (Lipinski definition) is 2. The normalized spacial score (nSPS) is 14.9. The molecule has 1 aliphatic rings. The van der Waals surface area contributed by atoms with Gasteiger partial charge in [0.1, 0.15) is 0 Å². The molecule has 0 bridgehead atoms. The molecule has 3 aromatic rings. The van der Waals surface area contributed by atoms with E-state index in [9.17, 15) is 4.79 Å². The minimum absolute atomic E-state index is 0.118. The van der Waals surface area contributed by atoms with E-state index >= 15 is 0 Å². The zero-order valence-electron chi connectivity index (χ0n) is 15.8. The fourth-order valence-corrected chi connectivity index (χ4v) is 4.11. The summed E-state index contributed by atoms with van der Waals surface area (Å²) >= 11 is 1.64. The van der Waals surface area contributed by atoms with E-state index in [1.165, 1.54) is 0 Å². The highest BCUT2D eigenvalue weighted by Gasteiger charge is 2.17. The molecule has 0 saturated carbocycles. The number of rotatable bonds is 7. The van der Waals surface area contributed by atoms with Crippen LogP contribution >= 0.6 is 11.3 Å². The topological polar surface area (TPSA) is 62.2 Å². The third-order valence-corrected chi connectivity index (χ3v) is 5.76. The Bertz CT molecular complexity index is 885. The van der Waals surface area contributed by atoms with Gasteiger partial charge >= 0.3 is 0 Å². The predicted octanol–water partition coefficient (Wildman–Crippen LogP) is 2.63. The standard InChI is InChI=1S/C21H25N5OS/c27-21(23-9-5-12-25-13-10-22-11-14-25)18-16-19(20-8-4-15-28-20)26(24-18)17-6-2-1-3-7-17/h1-4,6-8,15-16,22H,5,9-14H2,(H,23,27). The van der Waals surface area contributed by atoms with E-state index in [1.807, 2.05) is 52.5 Å². The number of carbonyl (C=O) groups excluding carboxylic acids is 1. The van der Waals surface area contributed by atoms with E-state index in [0.29, 0.717) is 12.2 Å². The SMILES string of the molecule is O=C(NCCCN1CCNCC1)c1cc(-c2cccs2)n(-c2ccccc2)n1. The van der Waals surface area contributed by atoms with Gasteiger partial charge in [-0.25, -0.2) is 4.68 Å². The van der Waals surface area contributed by atoms with Crippen molar-refractivity contribution in [2.24, 2.45) is 0 Å². The Kier molecular flexibility index (Phi) is 6.16. The molecule has 28 heavy (non-hydrogen) atoms. The summed E-state index contributed by atoms with van der Waals surface area (Å²) in [7, 11) is 0. The summed E-state index contributed by atoms with van der Waals surface area (Å²) in [6.07, 6.45) is 0.947. The summed E-state index contributed by atoms with van der Waals surface area (Å²) in [5, 5.41) is 13.0. The maximum absolute atomic E-state index is 12.7. The smallest absolute Gasteiger partial charge is 0.271 e. The number of aromatic nitrogens is 2. The minimum atomic E-state index is -0.118. The highest BCUT2D eigenvalue weighted by Crippen LogP contribution is 2.28. The van der Waals surface area contributed by atoms with Gasteiger partial charge in [0.05, 0.1) is 16.3 Å². The lowest BCUT2D eigenvalue weighted by Crippen LogP contribution is -2.44. The Balaban J connectivity index is 1.43. The molecular formula is C21H25N5OS. The molecule has 0 atom stereocenters. The highest BCUT2D eigenvalue weighted by molar-refractivity contribution is 7.13. The molecule has 146 valence electrons. The number of thiophene rings is 1. The van der Waals surface area contributed by atoms with Crippen molar-refractivity contribution in [1.29, 1.82) is 0 Å². The average Bonchev–Trinajstić information content (AvgIpc) is 3.42. The first-order chi connectivity index (χ1) is 13.8. The van der Waals surface area contributed by atoms with E-state index < -0.39 is 0 Å². The fraction of sp³-hybridized carbons (Fsp3) is 0.333. The molecule has 2 N–H and O–H groups in total. The number of amides is 1. The maximum atomic E-state index is 12.7. The lowest BCUT2D eigenvalue weighted by Gasteiger charge is -2.26. The van der Waals surface area contributed by atoms with E-state index in [4.69, 9.17) is 0 Å². The minimum Gasteiger partial charge on any atom is -0.351 e. The Morgan fingerprint density at radius 2 is 1.96 bits per heavy atom. The molecular weight excluding hydrogens is 370 g/mol. The van der Waals surface area contributed by atoms with Crippen LogP contribution < -0.4 is 10.6 Å². The second kappa shape index (κ2) is 9.14. The Labute approximate surface area is 169 Å². The van der Waals surface area contributed by atoms with Gasteiger partial charge in [-0.3, -0.25) is 4.79 Å². The largest absolute Gasteiger partial charge is 0.351 e. The van der Waals surface area contributed by atoms with Gasteiger partial charge in [0.15, 0.2) is 5.69 Å². The first-order valence-electron chi connectivity index (χ1n) is 9.72. The lowest BCUT2D eigenvalue weighted by atomic mass is 10.2. The number of piperazine rings is 1. The number of benzene rings is 1. The molecule has 2 aromatic heterocycles. The van der Waals surface area contributed by atoms with Gasteiger partial charge in [0, 0.05) is 32.7 Å². The van der Waals surface area contributed by atoms with Crippen molar-refractivity contribution in [3.63, 3.8) is 0 Å². The number of nitrogens with one attached hydrogen (secondary N) is 2. The van der Waals surface area contributed by atoms with Crippen LogP contribution in [0.1, 0.15) is 16.9 Å². The van der Waals surface area contributed by atoms with E-state index in [1.54, 1.807) is 11.3 Å². The van der Waals surface area contributed by atoms with E-state index in [2.05, 4.69) is 26.7 Å². The van der Waals surface area contributed by atoms with Crippen LogP contribution in [0, 0.1) is 0 Å². The van der Waals surface area contributed by atoms with Gasteiger partial charge < -0.3 is 15.5 Å². The van der Waals surface area contributed by atoms with Gasteiger partial charge in [-0.1, -0.05) is 24.3 Å². The van der Waals surface area contributed by atoms with Crippen LogP contribution in [-0.2, 0) is 0 Å². The fourth-order valence-electron chi connectivity index (χ4n) is 3.39. The molecule has 0 unspecified atom stereocenters. The highest BCUT2D eigenvalue weighted by atomic mass is 32.1. The second-order valence-electron chi connectivity index (χ2n) is 6.84. The van der Waals surface area contributed by atoms with Crippen LogP contribution in [0.5, 0.6) is 0 Å². The summed E-state index contributed by atoms with van der Waals surface area (Å²) < 4.78 is 1.85. The summed E-state index contributed by atoms with van der Waals surface area (Å²) in [6.45, 7) is 5.94. The molecule has 0 spiro atoms. The maximum Gasteiger partial charge on any atom is 0.271 e. The first kappa shape index (κ1) is 18.9. The van der Waals surface area contributed by atoms with Gasteiger partial charge in [-0.05, 0) is 42.6 Å². The van der Waals surface area contributed by atoms with Crippen molar-refractivity contribution in [1.82, 2.24) is 25.3 Å². The zero-order chi connectivity index (χ0) is 19.2. The second-order valence-corrected chi connectivity index (χ2v) is 7.79. The van der Waals surface area contributed by atoms with Gasteiger partial charge in [-0.15, -0.1) is 11.3 Å². The molecule has 0 radical (unpaired) electrons. The third-order valence-electron chi connectivity index (χ3n) is 4.86.